The van der Waals surface area contributed by atoms with Crippen LogP contribution in [0.4, 0.5) is 5.69 Å². The third kappa shape index (κ3) is 5.35. The van der Waals surface area contributed by atoms with Crippen LogP contribution in [0.1, 0.15) is 24.0 Å². The summed E-state index contributed by atoms with van der Waals surface area (Å²) in [4.78, 5) is 12.6. The van der Waals surface area contributed by atoms with Crippen molar-refractivity contribution in [3.05, 3.63) is 63.1 Å². The van der Waals surface area contributed by atoms with Gasteiger partial charge in [0, 0.05) is 34.2 Å². The summed E-state index contributed by atoms with van der Waals surface area (Å²) in [7, 11) is -3.40. The summed E-state index contributed by atoms with van der Waals surface area (Å²) in [6, 6.07) is 12.6. The molecule has 1 aliphatic heterocycles. The lowest BCUT2D eigenvalue weighted by Crippen LogP contribution is -2.41. The van der Waals surface area contributed by atoms with Crippen molar-refractivity contribution in [2.45, 2.75) is 25.5 Å². The number of aryl methyl sites for hydroxylation is 1. The van der Waals surface area contributed by atoms with Gasteiger partial charge in [0.25, 0.3) is 0 Å². The maximum absolute atomic E-state index is 12.7. The van der Waals surface area contributed by atoms with Crippen molar-refractivity contribution in [2.24, 2.45) is 5.92 Å². The molecule has 2 aromatic rings. The van der Waals surface area contributed by atoms with Gasteiger partial charge >= 0.3 is 0 Å². The molecule has 150 valence electrons. The van der Waals surface area contributed by atoms with Gasteiger partial charge in [0.1, 0.15) is 0 Å². The standard InChI is InChI=1S/C20H22BrClN2O3S/c1-14-12-18(22)6-7-19(14)23-20(25)16-8-10-24(11-9-16)28(26,27)13-15-2-4-17(21)5-3-15/h2-7,12,16H,8-11,13H2,1H3,(H,23,25). The number of piperidine rings is 1. The molecule has 3 rings (SSSR count). The fraction of sp³-hybridized carbons (Fsp3) is 0.350. The van der Waals surface area contributed by atoms with E-state index in [2.05, 4.69) is 21.2 Å². The molecule has 2 aromatic carbocycles. The molecule has 8 heteroatoms. The number of hydrogen-bond acceptors (Lipinski definition) is 3. The predicted octanol–water partition coefficient (Wildman–Crippen LogP) is 4.59. The van der Waals surface area contributed by atoms with Crippen LogP contribution in [0.3, 0.4) is 0 Å². The van der Waals surface area contributed by atoms with Crippen LogP contribution < -0.4 is 5.32 Å². The zero-order chi connectivity index (χ0) is 20.3. The number of carbonyl (C=O) groups excluding carboxylic acids is 1. The monoisotopic (exact) mass is 484 g/mol. The van der Waals surface area contributed by atoms with Crippen LogP contribution in [0.5, 0.6) is 0 Å². The fourth-order valence-corrected chi connectivity index (χ4v) is 5.34. The Kier molecular flexibility index (Phi) is 6.81. The first-order valence-corrected chi connectivity index (χ1v) is 11.8. The lowest BCUT2D eigenvalue weighted by molar-refractivity contribution is -0.120. The molecule has 1 saturated heterocycles. The van der Waals surface area contributed by atoms with E-state index in [1.165, 1.54) is 4.31 Å². The van der Waals surface area contributed by atoms with Crippen LogP contribution >= 0.6 is 27.5 Å². The molecule has 0 radical (unpaired) electrons. The molecule has 1 heterocycles. The molecule has 0 saturated carbocycles. The van der Waals surface area contributed by atoms with Crippen molar-refractivity contribution >= 4 is 49.1 Å². The summed E-state index contributed by atoms with van der Waals surface area (Å²) < 4.78 is 27.8. The molecular weight excluding hydrogens is 464 g/mol. The van der Waals surface area contributed by atoms with Gasteiger partial charge in [-0.3, -0.25) is 4.79 Å². The van der Waals surface area contributed by atoms with Crippen molar-refractivity contribution in [2.75, 3.05) is 18.4 Å². The lowest BCUT2D eigenvalue weighted by Gasteiger charge is -2.30. The Morgan fingerprint density at radius 2 is 1.82 bits per heavy atom. The Bertz CT molecular complexity index is 956. The van der Waals surface area contributed by atoms with Gasteiger partial charge in [-0.15, -0.1) is 0 Å². The first-order valence-electron chi connectivity index (χ1n) is 9.04. The molecule has 28 heavy (non-hydrogen) atoms. The molecule has 5 nitrogen and oxygen atoms in total. The number of hydrogen-bond donors (Lipinski definition) is 1. The number of amides is 1. The number of sulfonamides is 1. The van der Waals surface area contributed by atoms with Crippen molar-refractivity contribution in [3.8, 4) is 0 Å². The molecule has 0 unspecified atom stereocenters. The van der Waals surface area contributed by atoms with Gasteiger partial charge in [-0.05, 0) is 61.2 Å². The van der Waals surface area contributed by atoms with E-state index in [1.807, 2.05) is 19.1 Å². The van der Waals surface area contributed by atoms with E-state index in [1.54, 1.807) is 30.3 Å². The molecule has 1 amide bonds. The smallest absolute Gasteiger partial charge is 0.227 e. The Labute approximate surface area is 179 Å². The quantitative estimate of drug-likeness (QED) is 0.673. The van der Waals surface area contributed by atoms with E-state index in [0.717, 1.165) is 21.3 Å². The Morgan fingerprint density at radius 3 is 2.43 bits per heavy atom. The SMILES string of the molecule is Cc1cc(Cl)ccc1NC(=O)C1CCN(S(=O)(=O)Cc2ccc(Br)cc2)CC1. The maximum atomic E-state index is 12.7. The van der Waals surface area contributed by atoms with Gasteiger partial charge in [-0.2, -0.15) is 0 Å². The summed E-state index contributed by atoms with van der Waals surface area (Å²) in [5.74, 6) is -0.300. The highest BCUT2D eigenvalue weighted by Crippen LogP contribution is 2.25. The number of rotatable bonds is 5. The van der Waals surface area contributed by atoms with Crippen LogP contribution in [-0.4, -0.2) is 31.7 Å². The summed E-state index contributed by atoms with van der Waals surface area (Å²) in [6.07, 6.45) is 1.02. The van der Waals surface area contributed by atoms with Crippen LogP contribution in [0.15, 0.2) is 46.9 Å². The van der Waals surface area contributed by atoms with E-state index >= 15 is 0 Å². The molecule has 1 aliphatic rings. The number of benzene rings is 2. The molecule has 0 spiro atoms. The second-order valence-electron chi connectivity index (χ2n) is 7.00. The molecule has 1 fully saturated rings. The topological polar surface area (TPSA) is 66.5 Å². The number of carbonyl (C=O) groups is 1. The van der Waals surface area contributed by atoms with Crippen LogP contribution in [0.25, 0.3) is 0 Å². The largest absolute Gasteiger partial charge is 0.326 e. The zero-order valence-electron chi connectivity index (χ0n) is 15.5. The lowest BCUT2D eigenvalue weighted by atomic mass is 9.97. The van der Waals surface area contributed by atoms with Crippen molar-refractivity contribution in [1.82, 2.24) is 4.31 Å². The van der Waals surface area contributed by atoms with Crippen LogP contribution in [0.2, 0.25) is 5.02 Å². The Hall–Kier alpha value is -1.41. The first kappa shape index (κ1) is 21.3. The van der Waals surface area contributed by atoms with E-state index in [4.69, 9.17) is 11.6 Å². The van der Waals surface area contributed by atoms with E-state index in [9.17, 15) is 13.2 Å². The molecule has 0 aromatic heterocycles. The Morgan fingerprint density at radius 1 is 1.18 bits per heavy atom. The highest BCUT2D eigenvalue weighted by atomic mass is 79.9. The predicted molar refractivity (Wildman–Crippen MR) is 116 cm³/mol. The van der Waals surface area contributed by atoms with Crippen LogP contribution in [0, 0.1) is 12.8 Å². The summed E-state index contributed by atoms with van der Waals surface area (Å²) in [6.45, 7) is 2.60. The van der Waals surface area contributed by atoms with E-state index in [-0.39, 0.29) is 17.6 Å². The van der Waals surface area contributed by atoms with Crippen LogP contribution in [-0.2, 0) is 20.6 Å². The summed E-state index contributed by atoms with van der Waals surface area (Å²) in [5, 5.41) is 3.56. The number of halogens is 2. The van der Waals surface area contributed by atoms with Gasteiger partial charge in [0.2, 0.25) is 15.9 Å². The second kappa shape index (κ2) is 8.95. The van der Waals surface area contributed by atoms with Crippen molar-refractivity contribution in [1.29, 1.82) is 0 Å². The molecule has 0 atom stereocenters. The minimum absolute atomic E-state index is 0.0267. The first-order chi connectivity index (χ1) is 13.2. The average molecular weight is 486 g/mol. The van der Waals surface area contributed by atoms with Gasteiger partial charge in [0.05, 0.1) is 5.75 Å². The second-order valence-corrected chi connectivity index (χ2v) is 10.3. The highest BCUT2D eigenvalue weighted by Gasteiger charge is 2.31. The number of anilines is 1. The molecule has 0 aliphatic carbocycles. The maximum Gasteiger partial charge on any atom is 0.227 e. The van der Waals surface area contributed by atoms with Gasteiger partial charge < -0.3 is 5.32 Å². The van der Waals surface area contributed by atoms with Gasteiger partial charge in [-0.1, -0.05) is 39.7 Å². The molecule has 0 bridgehead atoms. The van der Waals surface area contributed by atoms with Gasteiger partial charge in [-0.25, -0.2) is 12.7 Å². The third-order valence-electron chi connectivity index (χ3n) is 4.93. The molecule has 1 N–H and O–H groups in total. The average Bonchev–Trinajstić information content (AvgIpc) is 2.66. The Balaban J connectivity index is 1.57. The van der Waals surface area contributed by atoms with E-state index in [0.29, 0.717) is 31.0 Å². The minimum atomic E-state index is -3.40. The highest BCUT2D eigenvalue weighted by molar-refractivity contribution is 9.10. The zero-order valence-corrected chi connectivity index (χ0v) is 18.6. The molecular formula is C20H22BrClN2O3S. The summed E-state index contributed by atoms with van der Waals surface area (Å²) >= 11 is 9.30. The minimum Gasteiger partial charge on any atom is -0.326 e. The van der Waals surface area contributed by atoms with Crippen molar-refractivity contribution in [3.63, 3.8) is 0 Å². The third-order valence-corrected chi connectivity index (χ3v) is 7.54. The van der Waals surface area contributed by atoms with Crippen molar-refractivity contribution < 1.29 is 13.2 Å². The normalized spacial score (nSPS) is 16.1. The van der Waals surface area contributed by atoms with E-state index < -0.39 is 10.0 Å². The summed E-state index contributed by atoms with van der Waals surface area (Å²) in [5.41, 5.74) is 2.39. The number of nitrogens with zero attached hydrogens (tertiary/aromatic N) is 1. The fourth-order valence-electron chi connectivity index (χ4n) is 3.28. The van der Waals surface area contributed by atoms with Gasteiger partial charge in [0.15, 0.2) is 0 Å². The number of nitrogens with one attached hydrogen (secondary N) is 1.